The molecule has 0 atom stereocenters. The summed E-state index contributed by atoms with van der Waals surface area (Å²) in [5, 5.41) is 0. The van der Waals surface area contributed by atoms with Crippen LogP contribution in [0.15, 0.2) is 35.8 Å². The van der Waals surface area contributed by atoms with E-state index in [0.717, 1.165) is 16.5 Å². The van der Waals surface area contributed by atoms with Gasteiger partial charge in [-0.05, 0) is 78.8 Å². The van der Waals surface area contributed by atoms with Crippen LogP contribution in [0.4, 0.5) is 0 Å². The van der Waals surface area contributed by atoms with Crippen LogP contribution < -0.4 is 0 Å². The van der Waals surface area contributed by atoms with Gasteiger partial charge < -0.3 is 18.6 Å². The Morgan fingerprint density at radius 3 is 1.41 bits per heavy atom. The zero-order valence-electron chi connectivity index (χ0n) is 18.2. The van der Waals surface area contributed by atoms with E-state index in [1.165, 1.54) is 0 Å². The molecule has 0 spiro atoms. The molecule has 2 aliphatic rings. The molecule has 0 aromatic heterocycles. The average molecular weight is 370 g/mol. The summed E-state index contributed by atoms with van der Waals surface area (Å²) in [6.07, 6.45) is 0. The summed E-state index contributed by atoms with van der Waals surface area (Å²) in [5.41, 5.74) is 1.42. The van der Waals surface area contributed by atoms with Gasteiger partial charge >= 0.3 is 14.2 Å². The van der Waals surface area contributed by atoms with Crippen molar-refractivity contribution in [3.63, 3.8) is 0 Å². The van der Waals surface area contributed by atoms with E-state index in [1.54, 1.807) is 0 Å². The van der Waals surface area contributed by atoms with Crippen LogP contribution in [0.1, 0.15) is 67.9 Å². The van der Waals surface area contributed by atoms with Gasteiger partial charge in [-0.3, -0.25) is 0 Å². The van der Waals surface area contributed by atoms with E-state index in [1.807, 2.05) is 18.2 Å². The van der Waals surface area contributed by atoms with Gasteiger partial charge in [0, 0.05) is 0 Å². The molecular weight excluding hydrogens is 338 g/mol. The monoisotopic (exact) mass is 370 g/mol. The third-order valence-corrected chi connectivity index (χ3v) is 6.61. The maximum atomic E-state index is 6.37. The molecule has 0 bridgehead atoms. The number of hydrogen-bond acceptors (Lipinski definition) is 4. The van der Waals surface area contributed by atoms with Crippen LogP contribution in [0.2, 0.25) is 0 Å². The van der Waals surface area contributed by atoms with Gasteiger partial charge in [0.2, 0.25) is 0 Å². The van der Waals surface area contributed by atoms with Crippen LogP contribution in [0.5, 0.6) is 0 Å². The molecule has 4 nitrogen and oxygen atoms in total. The lowest BCUT2D eigenvalue weighted by Crippen LogP contribution is -2.41. The van der Waals surface area contributed by atoms with E-state index in [9.17, 15) is 0 Å². The van der Waals surface area contributed by atoms with E-state index in [0.29, 0.717) is 0 Å². The van der Waals surface area contributed by atoms with Gasteiger partial charge in [0.05, 0.1) is 22.4 Å². The Kier molecular flexibility index (Phi) is 4.96. The minimum absolute atomic E-state index is 0.392. The topological polar surface area (TPSA) is 36.9 Å². The van der Waals surface area contributed by atoms with Crippen molar-refractivity contribution >= 4 is 19.7 Å². The predicted octanol–water partition coefficient (Wildman–Crippen LogP) is 4.72. The predicted molar refractivity (Wildman–Crippen MR) is 111 cm³/mol. The molecule has 0 aliphatic carbocycles. The number of hydrogen-bond donors (Lipinski definition) is 0. The van der Waals surface area contributed by atoms with Crippen molar-refractivity contribution in [3.05, 3.63) is 41.4 Å². The molecule has 2 saturated heterocycles. The Balaban J connectivity index is 2.05. The standard InChI is InChI=1S/C21H32B2O4/c1-15(22-24-18(2,3)19(4,5)25-22)17(16-13-11-10-12-14-16)23-26-20(6,7)21(8,9)27-23/h10-14H,1-9H3/b17-15+. The lowest BCUT2D eigenvalue weighted by molar-refractivity contribution is 0.00578. The molecule has 0 N–H and O–H groups in total. The van der Waals surface area contributed by atoms with E-state index in [4.69, 9.17) is 18.6 Å². The maximum Gasteiger partial charge on any atom is 0.494 e. The molecule has 2 heterocycles. The summed E-state index contributed by atoms with van der Waals surface area (Å²) in [4.78, 5) is 0. The van der Waals surface area contributed by atoms with Crippen molar-refractivity contribution in [1.29, 1.82) is 0 Å². The molecule has 27 heavy (non-hydrogen) atoms. The van der Waals surface area contributed by atoms with Crippen molar-refractivity contribution in [2.75, 3.05) is 0 Å². The van der Waals surface area contributed by atoms with Crippen LogP contribution in [-0.2, 0) is 18.6 Å². The first-order chi connectivity index (χ1) is 12.3. The second kappa shape index (κ2) is 6.48. The molecule has 2 aliphatic heterocycles. The van der Waals surface area contributed by atoms with Crippen molar-refractivity contribution in [2.24, 2.45) is 0 Å². The lowest BCUT2D eigenvalue weighted by atomic mass is 9.63. The number of allylic oxidation sites excluding steroid dienone is 1. The van der Waals surface area contributed by atoms with Crippen molar-refractivity contribution in [2.45, 2.75) is 84.7 Å². The Labute approximate surface area is 164 Å². The summed E-state index contributed by atoms with van der Waals surface area (Å²) in [7, 11) is -0.916. The second-order valence-corrected chi connectivity index (χ2v) is 9.64. The molecule has 0 radical (unpaired) electrons. The smallest absolute Gasteiger partial charge is 0.400 e. The molecule has 0 amide bonds. The highest BCUT2D eigenvalue weighted by Crippen LogP contribution is 2.44. The zero-order valence-corrected chi connectivity index (χ0v) is 18.2. The number of rotatable bonds is 3. The third kappa shape index (κ3) is 3.53. The summed E-state index contributed by atoms with van der Waals surface area (Å²) in [6, 6.07) is 10.2. The zero-order chi connectivity index (χ0) is 20.3. The van der Waals surface area contributed by atoms with Gasteiger partial charge in [0.15, 0.2) is 0 Å². The molecular formula is C21H32B2O4. The first-order valence-corrected chi connectivity index (χ1v) is 9.75. The quantitative estimate of drug-likeness (QED) is 0.722. The van der Waals surface area contributed by atoms with Crippen molar-refractivity contribution < 1.29 is 18.6 Å². The van der Waals surface area contributed by atoms with Crippen LogP contribution in [0, 0.1) is 0 Å². The summed E-state index contributed by atoms with van der Waals surface area (Å²) >= 11 is 0. The fourth-order valence-corrected chi connectivity index (χ4v) is 3.28. The van der Waals surface area contributed by atoms with Crippen LogP contribution >= 0.6 is 0 Å². The van der Waals surface area contributed by atoms with E-state index >= 15 is 0 Å². The lowest BCUT2D eigenvalue weighted by Gasteiger charge is -2.32. The minimum Gasteiger partial charge on any atom is -0.400 e. The molecule has 3 rings (SSSR count). The van der Waals surface area contributed by atoms with Crippen LogP contribution in [0.3, 0.4) is 0 Å². The summed E-state index contributed by atoms with van der Waals surface area (Å²) in [5.74, 6) is 0. The van der Waals surface area contributed by atoms with Crippen LogP contribution in [0.25, 0.3) is 5.47 Å². The molecule has 1 aromatic rings. The largest absolute Gasteiger partial charge is 0.494 e. The van der Waals surface area contributed by atoms with E-state index in [-0.39, 0.29) is 0 Å². The van der Waals surface area contributed by atoms with Gasteiger partial charge in [-0.15, -0.1) is 0 Å². The SMILES string of the molecule is C/C(B1OC(C)(C)C(C)(C)O1)=C(\B1OC(C)(C)C(C)(C)O1)c1ccccc1. The van der Waals surface area contributed by atoms with Crippen LogP contribution in [-0.4, -0.2) is 36.6 Å². The molecule has 1 aromatic carbocycles. The molecule has 146 valence electrons. The maximum absolute atomic E-state index is 6.37. The first kappa shape index (κ1) is 20.7. The summed E-state index contributed by atoms with van der Waals surface area (Å²) < 4.78 is 25.3. The van der Waals surface area contributed by atoms with Gasteiger partial charge in [0.25, 0.3) is 0 Å². The van der Waals surface area contributed by atoms with Gasteiger partial charge in [0.1, 0.15) is 0 Å². The van der Waals surface area contributed by atoms with Gasteiger partial charge in [-0.1, -0.05) is 30.3 Å². The normalized spacial score (nSPS) is 26.3. The fraction of sp³-hybridized carbons (Fsp3) is 0.619. The van der Waals surface area contributed by atoms with E-state index < -0.39 is 36.6 Å². The highest BCUT2D eigenvalue weighted by molar-refractivity contribution is 6.73. The fourth-order valence-electron chi connectivity index (χ4n) is 3.28. The molecule has 0 saturated carbocycles. The second-order valence-electron chi connectivity index (χ2n) is 9.64. The van der Waals surface area contributed by atoms with Gasteiger partial charge in [-0.2, -0.15) is 0 Å². The van der Waals surface area contributed by atoms with Gasteiger partial charge in [-0.25, -0.2) is 0 Å². The minimum atomic E-state index is -0.476. The Morgan fingerprint density at radius 2 is 1.00 bits per heavy atom. The van der Waals surface area contributed by atoms with Crippen molar-refractivity contribution in [3.8, 4) is 0 Å². The summed E-state index contributed by atoms with van der Waals surface area (Å²) in [6.45, 7) is 18.6. The average Bonchev–Trinajstić information content (AvgIpc) is 2.88. The third-order valence-electron chi connectivity index (χ3n) is 6.61. The highest BCUT2D eigenvalue weighted by atomic mass is 16.7. The highest BCUT2D eigenvalue weighted by Gasteiger charge is 2.56. The van der Waals surface area contributed by atoms with Crippen molar-refractivity contribution in [1.82, 2.24) is 0 Å². The number of benzene rings is 1. The Hall–Kier alpha value is -1.07. The Morgan fingerprint density at radius 1 is 0.630 bits per heavy atom. The molecule has 6 heteroatoms. The molecule has 0 unspecified atom stereocenters. The molecule has 2 fully saturated rings. The Bertz CT molecular complexity index is 706. The first-order valence-electron chi connectivity index (χ1n) is 9.75. The van der Waals surface area contributed by atoms with E-state index in [2.05, 4.69) is 74.4 Å².